The van der Waals surface area contributed by atoms with Crippen molar-refractivity contribution in [3.63, 3.8) is 0 Å². The molecule has 2 fully saturated rings. The van der Waals surface area contributed by atoms with Gasteiger partial charge in [-0.1, -0.05) is 6.07 Å². The number of nitrogens with one attached hydrogen (secondary N) is 1. The van der Waals surface area contributed by atoms with Gasteiger partial charge in [-0.15, -0.1) is 0 Å². The van der Waals surface area contributed by atoms with Crippen LogP contribution in [0, 0.1) is 5.92 Å². The van der Waals surface area contributed by atoms with Gasteiger partial charge in [-0.3, -0.25) is 9.69 Å². The largest absolute Gasteiger partial charge is 0.379 e. The molecule has 30 heavy (non-hydrogen) atoms. The highest BCUT2D eigenvalue weighted by atomic mass is 32.2. The Morgan fingerprint density at radius 1 is 1.23 bits per heavy atom. The van der Waals surface area contributed by atoms with E-state index in [1.807, 2.05) is 0 Å². The average molecular weight is 454 g/mol. The predicted molar refractivity (Wildman–Crippen MR) is 114 cm³/mol. The number of hydrogen-bond acceptors (Lipinski definition) is 8. The first-order valence-electron chi connectivity index (χ1n) is 10.3. The number of sulfonamides is 1. The van der Waals surface area contributed by atoms with E-state index in [0.717, 1.165) is 51.0 Å². The van der Waals surface area contributed by atoms with Crippen LogP contribution < -0.4 is 5.32 Å². The number of aromatic nitrogens is 2. The van der Waals surface area contributed by atoms with E-state index in [9.17, 15) is 13.2 Å². The third-order valence-electron chi connectivity index (χ3n) is 5.68. The minimum Gasteiger partial charge on any atom is -0.379 e. The lowest BCUT2D eigenvalue weighted by Gasteiger charge is -2.31. The number of piperidine rings is 1. The second kappa shape index (κ2) is 9.65. The Labute approximate surface area is 180 Å². The van der Waals surface area contributed by atoms with Gasteiger partial charge in [0, 0.05) is 32.7 Å². The molecule has 1 aromatic carbocycles. The number of benzene rings is 1. The highest BCUT2D eigenvalue weighted by Crippen LogP contribution is 2.28. The molecule has 3 heterocycles. The summed E-state index contributed by atoms with van der Waals surface area (Å²) in [6, 6.07) is 4.99. The van der Waals surface area contributed by atoms with Crippen LogP contribution in [0.5, 0.6) is 0 Å². The van der Waals surface area contributed by atoms with Gasteiger partial charge in [0.15, 0.2) is 0 Å². The summed E-state index contributed by atoms with van der Waals surface area (Å²) >= 11 is 0.999. The molecule has 11 heteroatoms. The van der Waals surface area contributed by atoms with Crippen LogP contribution in [0.15, 0.2) is 23.1 Å². The maximum Gasteiger partial charge on any atom is 0.245 e. The van der Waals surface area contributed by atoms with Crippen molar-refractivity contribution in [2.24, 2.45) is 5.92 Å². The Morgan fingerprint density at radius 3 is 2.90 bits per heavy atom. The molecule has 4 rings (SSSR count). The molecule has 2 saturated heterocycles. The molecule has 0 spiro atoms. The van der Waals surface area contributed by atoms with Gasteiger partial charge in [0.1, 0.15) is 15.9 Å². The summed E-state index contributed by atoms with van der Waals surface area (Å²) in [5, 5.41) is 2.99. The van der Waals surface area contributed by atoms with Crippen molar-refractivity contribution < 1.29 is 17.9 Å². The van der Waals surface area contributed by atoms with Crippen LogP contribution in [0.4, 0.5) is 0 Å². The van der Waals surface area contributed by atoms with Gasteiger partial charge < -0.3 is 10.1 Å². The second-order valence-corrected chi connectivity index (χ2v) is 10.1. The Kier molecular flexibility index (Phi) is 6.94. The third kappa shape index (κ3) is 4.80. The number of ether oxygens (including phenoxy) is 1. The Morgan fingerprint density at radius 2 is 2.07 bits per heavy atom. The average Bonchev–Trinajstić information content (AvgIpc) is 3.26. The molecule has 1 amide bonds. The molecule has 2 aliphatic heterocycles. The highest BCUT2D eigenvalue weighted by molar-refractivity contribution is 7.89. The smallest absolute Gasteiger partial charge is 0.245 e. The topological polar surface area (TPSA) is 105 Å². The van der Waals surface area contributed by atoms with E-state index in [-0.39, 0.29) is 23.3 Å². The predicted octanol–water partition coefficient (Wildman–Crippen LogP) is 0.931. The maximum atomic E-state index is 13.2. The Hall–Kier alpha value is -1.66. The van der Waals surface area contributed by atoms with Crippen molar-refractivity contribution in [1.82, 2.24) is 23.3 Å². The summed E-state index contributed by atoms with van der Waals surface area (Å²) in [7, 11) is -3.73. The fraction of sp³-hybridized carbons (Fsp3) is 0.632. The Bertz CT molecular complexity index is 974. The molecule has 9 nitrogen and oxygen atoms in total. The minimum absolute atomic E-state index is 0.0644. The fourth-order valence-corrected chi connectivity index (χ4v) is 6.26. The maximum absolute atomic E-state index is 13.2. The van der Waals surface area contributed by atoms with Gasteiger partial charge in [-0.2, -0.15) is 13.1 Å². The van der Waals surface area contributed by atoms with Crippen molar-refractivity contribution in [2.75, 3.05) is 52.5 Å². The monoisotopic (exact) mass is 453 g/mol. The van der Waals surface area contributed by atoms with E-state index in [4.69, 9.17) is 4.74 Å². The van der Waals surface area contributed by atoms with E-state index < -0.39 is 10.0 Å². The summed E-state index contributed by atoms with van der Waals surface area (Å²) in [5.74, 6) is -0.393. The van der Waals surface area contributed by atoms with E-state index in [1.165, 1.54) is 4.31 Å². The fourth-order valence-electron chi connectivity index (χ4n) is 3.99. The summed E-state index contributed by atoms with van der Waals surface area (Å²) in [4.78, 5) is 15.1. The number of nitrogens with zero attached hydrogens (tertiary/aromatic N) is 4. The summed E-state index contributed by atoms with van der Waals surface area (Å²) in [6.45, 7) is 5.55. The number of morpholine rings is 1. The lowest BCUT2D eigenvalue weighted by molar-refractivity contribution is -0.126. The number of amides is 1. The highest BCUT2D eigenvalue weighted by Gasteiger charge is 2.34. The minimum atomic E-state index is -3.73. The van der Waals surface area contributed by atoms with Crippen LogP contribution in [0.2, 0.25) is 0 Å². The third-order valence-corrected chi connectivity index (χ3v) is 8.12. The van der Waals surface area contributed by atoms with Crippen LogP contribution in [-0.2, 0) is 19.6 Å². The van der Waals surface area contributed by atoms with Crippen LogP contribution >= 0.6 is 11.7 Å². The van der Waals surface area contributed by atoms with Crippen LogP contribution in [-0.4, -0.2) is 84.8 Å². The standard InChI is InChI=1S/C19H27N5O4S2/c25-19(20-7-3-8-23-10-12-28-13-11-23)15-4-2-9-24(14-15)30(26,27)17-6-1-5-16-18(17)22-29-21-16/h1,5-6,15H,2-4,7-14H2,(H,20,25)/t15-/m1/s1. The first-order valence-corrected chi connectivity index (χ1v) is 12.5. The normalized spacial score (nSPS) is 21.7. The molecule has 0 saturated carbocycles. The zero-order valence-corrected chi connectivity index (χ0v) is 18.5. The molecular formula is C19H27N5O4S2. The zero-order chi connectivity index (χ0) is 21.0. The van der Waals surface area contributed by atoms with Crippen LogP contribution in [0.1, 0.15) is 19.3 Å². The molecule has 2 aliphatic rings. The zero-order valence-electron chi connectivity index (χ0n) is 16.8. The van der Waals surface area contributed by atoms with E-state index in [0.29, 0.717) is 37.0 Å². The first-order chi connectivity index (χ1) is 14.6. The molecular weight excluding hydrogens is 426 g/mol. The number of rotatable bonds is 7. The molecule has 1 N–H and O–H groups in total. The molecule has 1 atom stereocenters. The van der Waals surface area contributed by atoms with E-state index in [1.54, 1.807) is 18.2 Å². The second-order valence-electron chi connectivity index (χ2n) is 7.69. The Balaban J connectivity index is 1.33. The summed E-state index contributed by atoms with van der Waals surface area (Å²) in [5.41, 5.74) is 0.977. The van der Waals surface area contributed by atoms with Gasteiger partial charge >= 0.3 is 0 Å². The number of fused-ring (bicyclic) bond motifs is 1. The number of carbonyl (C=O) groups is 1. The van der Waals surface area contributed by atoms with Crippen LogP contribution in [0.25, 0.3) is 11.0 Å². The van der Waals surface area contributed by atoms with Gasteiger partial charge in [-0.25, -0.2) is 8.42 Å². The molecule has 1 aromatic heterocycles. The molecule has 2 aromatic rings. The summed E-state index contributed by atoms with van der Waals surface area (Å²) < 4.78 is 41.5. The van der Waals surface area contributed by atoms with Crippen molar-refractivity contribution >= 4 is 38.7 Å². The quantitative estimate of drug-likeness (QED) is 0.622. The number of hydrogen-bond donors (Lipinski definition) is 1. The SMILES string of the molecule is O=C(NCCCN1CCOCC1)[C@@H]1CCCN(S(=O)(=O)c2cccc3nsnc23)C1. The lowest BCUT2D eigenvalue weighted by atomic mass is 9.99. The molecule has 0 unspecified atom stereocenters. The van der Waals surface area contributed by atoms with Gasteiger partial charge in [0.05, 0.1) is 30.9 Å². The molecule has 0 bridgehead atoms. The molecule has 164 valence electrons. The van der Waals surface area contributed by atoms with Crippen molar-refractivity contribution in [3.05, 3.63) is 18.2 Å². The van der Waals surface area contributed by atoms with Gasteiger partial charge in [0.2, 0.25) is 15.9 Å². The van der Waals surface area contributed by atoms with E-state index >= 15 is 0 Å². The van der Waals surface area contributed by atoms with Crippen molar-refractivity contribution in [2.45, 2.75) is 24.2 Å². The molecule has 0 radical (unpaired) electrons. The van der Waals surface area contributed by atoms with E-state index in [2.05, 4.69) is 19.0 Å². The lowest BCUT2D eigenvalue weighted by Crippen LogP contribution is -2.46. The van der Waals surface area contributed by atoms with Gasteiger partial charge in [-0.05, 0) is 37.9 Å². The number of carbonyl (C=O) groups excluding carboxylic acids is 1. The first kappa shape index (κ1) is 21.6. The van der Waals surface area contributed by atoms with Gasteiger partial charge in [0.25, 0.3) is 0 Å². The van der Waals surface area contributed by atoms with Crippen molar-refractivity contribution in [3.8, 4) is 0 Å². The molecule has 0 aliphatic carbocycles. The summed E-state index contributed by atoms with van der Waals surface area (Å²) in [6.07, 6.45) is 2.24. The van der Waals surface area contributed by atoms with Crippen LogP contribution in [0.3, 0.4) is 0 Å². The van der Waals surface area contributed by atoms with Crippen molar-refractivity contribution in [1.29, 1.82) is 0 Å².